The molecular formula is C14H11N3O3S. The van der Waals surface area contributed by atoms with E-state index in [9.17, 15) is 15.0 Å². The first-order valence-corrected chi connectivity index (χ1v) is 6.84. The van der Waals surface area contributed by atoms with Crippen LogP contribution in [0.4, 0.5) is 10.8 Å². The van der Waals surface area contributed by atoms with E-state index in [1.807, 2.05) is 0 Å². The Labute approximate surface area is 123 Å². The number of benzene rings is 2. The Morgan fingerprint density at radius 3 is 2.62 bits per heavy atom. The number of fused-ring (bicyclic) bond motifs is 1. The fourth-order valence-corrected chi connectivity index (χ4v) is 2.82. The average molecular weight is 301 g/mol. The van der Waals surface area contributed by atoms with Crippen molar-refractivity contribution >= 4 is 38.3 Å². The number of rotatable bonds is 2. The number of aromatic nitrogens is 1. The molecule has 0 aliphatic heterocycles. The second-order valence-electron chi connectivity index (χ2n) is 4.37. The van der Waals surface area contributed by atoms with Crippen molar-refractivity contribution in [3.63, 3.8) is 0 Å². The van der Waals surface area contributed by atoms with Crippen LogP contribution in [0, 0.1) is 0 Å². The lowest BCUT2D eigenvalue weighted by molar-refractivity contribution is 0.102. The summed E-state index contributed by atoms with van der Waals surface area (Å²) in [5.41, 5.74) is 6.83. The minimum absolute atomic E-state index is 0.184. The van der Waals surface area contributed by atoms with Crippen LogP contribution in [0.2, 0.25) is 0 Å². The number of amides is 1. The van der Waals surface area contributed by atoms with Gasteiger partial charge in [0.25, 0.3) is 5.91 Å². The topological polar surface area (TPSA) is 108 Å². The highest BCUT2D eigenvalue weighted by Crippen LogP contribution is 2.30. The number of anilines is 2. The quantitative estimate of drug-likeness (QED) is 0.544. The molecule has 0 atom stereocenters. The Hall–Kier alpha value is -2.80. The van der Waals surface area contributed by atoms with Gasteiger partial charge < -0.3 is 15.9 Å². The summed E-state index contributed by atoms with van der Waals surface area (Å²) >= 11 is 1.26. The van der Waals surface area contributed by atoms with E-state index in [-0.39, 0.29) is 17.1 Å². The lowest BCUT2D eigenvalue weighted by Gasteiger charge is -2.05. The third-order valence-corrected chi connectivity index (χ3v) is 3.81. The SMILES string of the molecule is Nc1ccc2nc(NC(=O)c3c(O)cccc3O)sc2c1. The molecule has 106 valence electrons. The van der Waals surface area contributed by atoms with E-state index in [0.717, 1.165) is 4.70 Å². The Morgan fingerprint density at radius 2 is 1.90 bits per heavy atom. The van der Waals surface area contributed by atoms with Crippen molar-refractivity contribution in [2.45, 2.75) is 0 Å². The number of nitrogens with zero attached hydrogens (tertiary/aromatic N) is 1. The lowest BCUT2D eigenvalue weighted by atomic mass is 10.1. The molecule has 7 heteroatoms. The largest absolute Gasteiger partial charge is 0.507 e. The Balaban J connectivity index is 1.93. The van der Waals surface area contributed by atoms with E-state index in [1.54, 1.807) is 18.2 Å². The van der Waals surface area contributed by atoms with Crippen LogP contribution >= 0.6 is 11.3 Å². The molecule has 2 aromatic carbocycles. The first-order valence-electron chi connectivity index (χ1n) is 6.03. The van der Waals surface area contributed by atoms with Crippen molar-refractivity contribution in [1.82, 2.24) is 4.98 Å². The van der Waals surface area contributed by atoms with Gasteiger partial charge in [-0.3, -0.25) is 10.1 Å². The molecule has 0 radical (unpaired) electrons. The van der Waals surface area contributed by atoms with Gasteiger partial charge in [-0.05, 0) is 30.3 Å². The molecule has 3 rings (SSSR count). The summed E-state index contributed by atoms with van der Waals surface area (Å²) in [6, 6.07) is 9.35. The minimum Gasteiger partial charge on any atom is -0.507 e. The number of phenolic OH excluding ortho intramolecular Hbond substituents is 2. The molecule has 1 heterocycles. The van der Waals surface area contributed by atoms with E-state index in [0.29, 0.717) is 16.3 Å². The summed E-state index contributed by atoms with van der Waals surface area (Å²) in [7, 11) is 0. The van der Waals surface area contributed by atoms with E-state index >= 15 is 0 Å². The molecule has 6 nitrogen and oxygen atoms in total. The molecule has 0 saturated carbocycles. The molecule has 0 aliphatic carbocycles. The predicted octanol–water partition coefficient (Wildman–Crippen LogP) is 2.54. The van der Waals surface area contributed by atoms with Crippen molar-refractivity contribution in [3.05, 3.63) is 42.0 Å². The second-order valence-corrected chi connectivity index (χ2v) is 5.40. The van der Waals surface area contributed by atoms with Gasteiger partial charge in [0.05, 0.1) is 10.2 Å². The van der Waals surface area contributed by atoms with Crippen LogP contribution in [0.5, 0.6) is 11.5 Å². The maximum Gasteiger partial charge on any atom is 0.264 e. The molecule has 0 saturated heterocycles. The van der Waals surface area contributed by atoms with Gasteiger partial charge in [0.1, 0.15) is 17.1 Å². The molecule has 0 unspecified atom stereocenters. The van der Waals surface area contributed by atoms with Crippen molar-refractivity contribution < 1.29 is 15.0 Å². The van der Waals surface area contributed by atoms with Crippen LogP contribution in [-0.2, 0) is 0 Å². The highest BCUT2D eigenvalue weighted by molar-refractivity contribution is 7.22. The predicted molar refractivity (Wildman–Crippen MR) is 81.8 cm³/mol. The zero-order chi connectivity index (χ0) is 15.0. The van der Waals surface area contributed by atoms with Crippen molar-refractivity contribution in [2.24, 2.45) is 0 Å². The molecule has 0 spiro atoms. The van der Waals surface area contributed by atoms with Crippen LogP contribution < -0.4 is 11.1 Å². The minimum atomic E-state index is -0.627. The van der Waals surface area contributed by atoms with Crippen LogP contribution in [-0.4, -0.2) is 21.1 Å². The number of carbonyl (C=O) groups excluding carboxylic acids is 1. The van der Waals surface area contributed by atoms with Crippen molar-refractivity contribution in [1.29, 1.82) is 0 Å². The normalized spacial score (nSPS) is 10.7. The molecule has 1 aromatic heterocycles. The number of aromatic hydroxyl groups is 2. The maximum atomic E-state index is 12.1. The smallest absolute Gasteiger partial charge is 0.264 e. The van der Waals surface area contributed by atoms with Crippen molar-refractivity contribution in [3.8, 4) is 11.5 Å². The molecular weight excluding hydrogens is 290 g/mol. The number of nitrogen functional groups attached to an aromatic ring is 1. The van der Waals surface area contributed by atoms with Crippen molar-refractivity contribution in [2.75, 3.05) is 11.1 Å². The molecule has 3 aromatic rings. The van der Waals surface area contributed by atoms with Crippen LogP contribution in [0.1, 0.15) is 10.4 Å². The molecule has 0 fully saturated rings. The Kier molecular flexibility index (Phi) is 3.11. The monoisotopic (exact) mass is 301 g/mol. The molecule has 0 aliphatic rings. The number of carbonyl (C=O) groups is 1. The van der Waals surface area contributed by atoms with E-state index < -0.39 is 5.91 Å². The van der Waals surface area contributed by atoms with Gasteiger partial charge in [-0.15, -0.1) is 0 Å². The highest BCUT2D eigenvalue weighted by atomic mass is 32.1. The van der Waals surface area contributed by atoms with Gasteiger partial charge in [0, 0.05) is 5.69 Å². The number of nitrogens with two attached hydrogens (primary N) is 1. The van der Waals surface area contributed by atoms with Crippen LogP contribution in [0.15, 0.2) is 36.4 Å². The molecule has 0 bridgehead atoms. The first kappa shape index (κ1) is 13.2. The zero-order valence-corrected chi connectivity index (χ0v) is 11.5. The Bertz CT molecular complexity index is 824. The fourth-order valence-electron chi connectivity index (χ4n) is 1.92. The highest BCUT2D eigenvalue weighted by Gasteiger charge is 2.17. The third kappa shape index (κ3) is 2.46. The van der Waals surface area contributed by atoms with E-state index in [4.69, 9.17) is 5.73 Å². The molecule has 21 heavy (non-hydrogen) atoms. The summed E-state index contributed by atoms with van der Waals surface area (Å²) in [5.74, 6) is -1.21. The summed E-state index contributed by atoms with van der Waals surface area (Å²) < 4.78 is 0.840. The number of hydrogen-bond donors (Lipinski definition) is 4. The second kappa shape index (κ2) is 4.95. The maximum absolute atomic E-state index is 12.1. The number of thiazole rings is 1. The number of phenols is 2. The van der Waals surface area contributed by atoms with Crippen LogP contribution in [0.3, 0.4) is 0 Å². The molecule has 5 N–H and O–H groups in total. The number of nitrogens with one attached hydrogen (secondary N) is 1. The van der Waals surface area contributed by atoms with Gasteiger partial charge in [0.2, 0.25) is 0 Å². The fraction of sp³-hybridized carbons (Fsp3) is 0. The summed E-state index contributed by atoms with van der Waals surface area (Å²) in [6.45, 7) is 0. The first-order chi connectivity index (χ1) is 10.0. The summed E-state index contributed by atoms with van der Waals surface area (Å²) in [6.07, 6.45) is 0. The molecule has 1 amide bonds. The van der Waals surface area contributed by atoms with Gasteiger partial charge in [-0.1, -0.05) is 17.4 Å². The number of hydrogen-bond acceptors (Lipinski definition) is 6. The summed E-state index contributed by atoms with van der Waals surface area (Å²) in [5, 5.41) is 22.2. The van der Waals surface area contributed by atoms with Crippen LogP contribution in [0.25, 0.3) is 10.2 Å². The van der Waals surface area contributed by atoms with E-state index in [2.05, 4.69) is 10.3 Å². The van der Waals surface area contributed by atoms with E-state index in [1.165, 1.54) is 29.5 Å². The lowest BCUT2D eigenvalue weighted by Crippen LogP contribution is -2.12. The zero-order valence-electron chi connectivity index (χ0n) is 10.7. The van der Waals surface area contributed by atoms with Gasteiger partial charge in [-0.25, -0.2) is 4.98 Å². The Morgan fingerprint density at radius 1 is 1.19 bits per heavy atom. The third-order valence-electron chi connectivity index (χ3n) is 2.88. The summed E-state index contributed by atoms with van der Waals surface area (Å²) in [4.78, 5) is 16.4. The van der Waals surface area contributed by atoms with Gasteiger partial charge in [-0.2, -0.15) is 0 Å². The van der Waals surface area contributed by atoms with Gasteiger partial charge in [0.15, 0.2) is 5.13 Å². The van der Waals surface area contributed by atoms with Gasteiger partial charge >= 0.3 is 0 Å². The standard InChI is InChI=1S/C14H11N3O3S/c15-7-4-5-8-11(6-7)21-14(16-8)17-13(20)12-9(18)2-1-3-10(12)19/h1-6,18-19H,15H2,(H,16,17,20). The average Bonchev–Trinajstić information content (AvgIpc) is 2.79.